The average Bonchev–Trinajstić information content (AvgIpc) is 3.19. The molecule has 4 nitrogen and oxygen atoms in total. The molecule has 0 spiro atoms. The Morgan fingerprint density at radius 1 is 1.22 bits per heavy atom. The molecule has 124 valence electrons. The Bertz CT molecular complexity index is 568. The van der Waals surface area contributed by atoms with E-state index in [9.17, 15) is 4.79 Å². The zero-order valence-corrected chi connectivity index (χ0v) is 13.7. The number of carbonyl (C=O) groups is 1. The van der Waals surface area contributed by atoms with Gasteiger partial charge in [0.25, 0.3) is 5.91 Å². The van der Waals surface area contributed by atoms with Crippen LogP contribution in [-0.2, 0) is 11.3 Å². The summed E-state index contributed by atoms with van der Waals surface area (Å²) in [5.74, 6) is 1.69. The molecule has 1 saturated heterocycles. The fourth-order valence-corrected chi connectivity index (χ4v) is 4.50. The summed E-state index contributed by atoms with van der Waals surface area (Å²) < 4.78 is 5.39. The van der Waals surface area contributed by atoms with Crippen LogP contribution in [0.5, 0.6) is 0 Å². The summed E-state index contributed by atoms with van der Waals surface area (Å²) >= 11 is 0. The van der Waals surface area contributed by atoms with Crippen LogP contribution in [0.4, 0.5) is 0 Å². The lowest BCUT2D eigenvalue weighted by Crippen LogP contribution is -2.38. The molecule has 1 aliphatic heterocycles. The Morgan fingerprint density at radius 2 is 2.09 bits per heavy atom. The number of fused-ring (bicyclic) bond motifs is 2. The van der Waals surface area contributed by atoms with E-state index in [1.807, 2.05) is 12.1 Å². The van der Waals surface area contributed by atoms with E-state index in [0.717, 1.165) is 50.2 Å². The van der Waals surface area contributed by atoms with E-state index in [2.05, 4.69) is 22.3 Å². The number of morpholine rings is 1. The maximum absolute atomic E-state index is 12.6. The van der Waals surface area contributed by atoms with Gasteiger partial charge in [0.2, 0.25) is 0 Å². The number of amides is 1. The lowest BCUT2D eigenvalue weighted by Gasteiger charge is -2.26. The van der Waals surface area contributed by atoms with Gasteiger partial charge in [0.1, 0.15) is 0 Å². The minimum atomic E-state index is 0.103. The first-order chi connectivity index (χ1) is 11.3. The normalized spacial score (nSPS) is 30.5. The van der Waals surface area contributed by atoms with E-state index in [1.54, 1.807) is 0 Å². The molecular weight excluding hydrogens is 288 g/mol. The molecule has 4 heteroatoms. The molecule has 2 saturated carbocycles. The third kappa shape index (κ3) is 3.43. The van der Waals surface area contributed by atoms with Crippen LogP contribution in [0.25, 0.3) is 0 Å². The van der Waals surface area contributed by atoms with Crippen LogP contribution in [0.2, 0.25) is 0 Å². The number of carbonyl (C=O) groups excluding carboxylic acids is 1. The second-order valence-corrected chi connectivity index (χ2v) is 7.34. The van der Waals surface area contributed by atoms with E-state index >= 15 is 0 Å². The Morgan fingerprint density at radius 3 is 2.83 bits per heavy atom. The van der Waals surface area contributed by atoms with Gasteiger partial charge in [-0.1, -0.05) is 18.6 Å². The van der Waals surface area contributed by atoms with Gasteiger partial charge in [0.15, 0.2) is 0 Å². The van der Waals surface area contributed by atoms with Gasteiger partial charge in [-0.25, -0.2) is 0 Å². The van der Waals surface area contributed by atoms with Gasteiger partial charge >= 0.3 is 0 Å². The Labute approximate surface area is 138 Å². The Hall–Kier alpha value is -1.39. The summed E-state index contributed by atoms with van der Waals surface area (Å²) in [6.07, 6.45) is 5.17. The monoisotopic (exact) mass is 314 g/mol. The number of benzene rings is 1. The molecule has 3 aliphatic rings. The summed E-state index contributed by atoms with van der Waals surface area (Å²) in [6, 6.07) is 8.52. The van der Waals surface area contributed by atoms with Gasteiger partial charge in [-0.2, -0.15) is 0 Å². The van der Waals surface area contributed by atoms with Crippen LogP contribution in [0.3, 0.4) is 0 Å². The summed E-state index contributed by atoms with van der Waals surface area (Å²) in [5.41, 5.74) is 2.02. The first kappa shape index (κ1) is 15.2. The Kier molecular flexibility index (Phi) is 4.36. The van der Waals surface area contributed by atoms with Crippen molar-refractivity contribution in [2.24, 2.45) is 11.8 Å². The SMILES string of the molecule is O=C(NC1CC2CCC1C2)c1cccc(CN2CCOCC2)c1. The summed E-state index contributed by atoms with van der Waals surface area (Å²) in [6.45, 7) is 4.47. The molecule has 2 bridgehead atoms. The minimum absolute atomic E-state index is 0.103. The second-order valence-electron chi connectivity index (χ2n) is 7.34. The minimum Gasteiger partial charge on any atom is -0.379 e. The number of ether oxygens (including phenoxy) is 1. The van der Waals surface area contributed by atoms with Crippen LogP contribution < -0.4 is 5.32 Å². The van der Waals surface area contributed by atoms with E-state index in [1.165, 1.54) is 31.2 Å². The highest BCUT2D eigenvalue weighted by Crippen LogP contribution is 2.44. The maximum atomic E-state index is 12.6. The van der Waals surface area contributed by atoms with Gasteiger partial charge in [0, 0.05) is 31.2 Å². The second kappa shape index (κ2) is 6.62. The lowest BCUT2D eigenvalue weighted by atomic mass is 9.95. The highest BCUT2D eigenvalue weighted by Gasteiger charge is 2.40. The fraction of sp³-hybridized carbons (Fsp3) is 0.632. The van der Waals surface area contributed by atoms with Crippen LogP contribution in [-0.4, -0.2) is 43.2 Å². The van der Waals surface area contributed by atoms with Gasteiger partial charge in [0.05, 0.1) is 13.2 Å². The highest BCUT2D eigenvalue weighted by molar-refractivity contribution is 5.94. The predicted octanol–water partition coefficient (Wildman–Crippen LogP) is 2.44. The molecule has 1 heterocycles. The van der Waals surface area contributed by atoms with E-state index in [4.69, 9.17) is 4.74 Å². The zero-order chi connectivity index (χ0) is 15.6. The average molecular weight is 314 g/mol. The van der Waals surface area contributed by atoms with Gasteiger partial charge in [-0.15, -0.1) is 0 Å². The number of nitrogens with one attached hydrogen (secondary N) is 1. The highest BCUT2D eigenvalue weighted by atomic mass is 16.5. The van der Waals surface area contributed by atoms with Crippen LogP contribution in [0.15, 0.2) is 24.3 Å². The molecule has 1 aromatic carbocycles. The quantitative estimate of drug-likeness (QED) is 0.928. The summed E-state index contributed by atoms with van der Waals surface area (Å²) in [5, 5.41) is 3.28. The van der Waals surface area contributed by atoms with Gasteiger partial charge < -0.3 is 10.1 Å². The molecular formula is C19H26N2O2. The predicted molar refractivity (Wildman–Crippen MR) is 89.2 cm³/mol. The maximum Gasteiger partial charge on any atom is 0.251 e. The summed E-state index contributed by atoms with van der Waals surface area (Å²) in [4.78, 5) is 15.0. The molecule has 1 amide bonds. The van der Waals surface area contributed by atoms with Crippen molar-refractivity contribution in [2.45, 2.75) is 38.3 Å². The smallest absolute Gasteiger partial charge is 0.251 e. The molecule has 0 aromatic heterocycles. The van der Waals surface area contributed by atoms with Crippen LogP contribution >= 0.6 is 0 Å². The van der Waals surface area contributed by atoms with E-state index < -0.39 is 0 Å². The van der Waals surface area contributed by atoms with Crippen molar-refractivity contribution in [2.75, 3.05) is 26.3 Å². The van der Waals surface area contributed by atoms with Crippen LogP contribution in [0, 0.1) is 11.8 Å². The summed E-state index contributed by atoms with van der Waals surface area (Å²) in [7, 11) is 0. The number of hydrogen-bond donors (Lipinski definition) is 1. The van der Waals surface area contributed by atoms with E-state index in [-0.39, 0.29) is 5.91 Å². The van der Waals surface area contributed by atoms with Crippen molar-refractivity contribution < 1.29 is 9.53 Å². The molecule has 3 atom stereocenters. The number of hydrogen-bond acceptors (Lipinski definition) is 3. The third-order valence-corrected chi connectivity index (χ3v) is 5.75. The number of rotatable bonds is 4. The molecule has 1 N–H and O–H groups in total. The standard InChI is InChI=1S/C19H26N2O2/c22-19(20-18-12-14-4-5-16(18)10-14)17-3-1-2-15(11-17)13-21-6-8-23-9-7-21/h1-3,11,14,16,18H,4-10,12-13H2,(H,20,22). The molecule has 2 aliphatic carbocycles. The Balaban J connectivity index is 1.38. The van der Waals surface area contributed by atoms with Gasteiger partial charge in [-0.05, 0) is 48.8 Å². The molecule has 4 rings (SSSR count). The van der Waals surface area contributed by atoms with Gasteiger partial charge in [-0.3, -0.25) is 9.69 Å². The zero-order valence-electron chi connectivity index (χ0n) is 13.7. The molecule has 1 aromatic rings. The van der Waals surface area contributed by atoms with Crippen molar-refractivity contribution in [3.63, 3.8) is 0 Å². The molecule has 3 unspecified atom stereocenters. The molecule has 0 radical (unpaired) electrons. The van der Waals surface area contributed by atoms with Crippen molar-refractivity contribution in [1.29, 1.82) is 0 Å². The van der Waals surface area contributed by atoms with E-state index in [0.29, 0.717) is 6.04 Å². The third-order valence-electron chi connectivity index (χ3n) is 5.75. The first-order valence-corrected chi connectivity index (χ1v) is 8.98. The molecule has 3 fully saturated rings. The number of nitrogens with zero attached hydrogens (tertiary/aromatic N) is 1. The van der Waals surface area contributed by atoms with Crippen molar-refractivity contribution >= 4 is 5.91 Å². The van der Waals surface area contributed by atoms with Crippen molar-refractivity contribution in [1.82, 2.24) is 10.2 Å². The van der Waals surface area contributed by atoms with Crippen LogP contribution in [0.1, 0.15) is 41.6 Å². The largest absolute Gasteiger partial charge is 0.379 e. The van der Waals surface area contributed by atoms with Crippen molar-refractivity contribution in [3.05, 3.63) is 35.4 Å². The topological polar surface area (TPSA) is 41.6 Å². The molecule has 23 heavy (non-hydrogen) atoms. The van der Waals surface area contributed by atoms with Crippen molar-refractivity contribution in [3.8, 4) is 0 Å². The first-order valence-electron chi connectivity index (χ1n) is 8.98. The lowest BCUT2D eigenvalue weighted by molar-refractivity contribution is 0.0342. The fourth-order valence-electron chi connectivity index (χ4n) is 4.50.